The monoisotopic (exact) mass is 672 g/mol. The van der Waals surface area contributed by atoms with Gasteiger partial charge in [-0.3, -0.25) is 0 Å². The maximum Gasteiger partial charge on any atom is 0.136 e. The molecule has 10 aromatic carbocycles. The largest absolute Gasteiger partial charge is 0.456 e. The van der Waals surface area contributed by atoms with Gasteiger partial charge in [0.2, 0.25) is 0 Å². The molecule has 0 bridgehead atoms. The summed E-state index contributed by atoms with van der Waals surface area (Å²) < 4.78 is 6.43. The van der Waals surface area contributed by atoms with Crippen molar-refractivity contribution in [3.63, 3.8) is 0 Å². The topological polar surface area (TPSA) is 13.1 Å². The average molecular weight is 673 g/mol. The van der Waals surface area contributed by atoms with Crippen LogP contribution >= 0.6 is 0 Å². The summed E-state index contributed by atoms with van der Waals surface area (Å²) in [7, 11) is 0. The van der Waals surface area contributed by atoms with Crippen LogP contribution in [0.4, 0.5) is 0 Å². The number of hydrogen-bond donors (Lipinski definition) is 0. The summed E-state index contributed by atoms with van der Waals surface area (Å²) in [6, 6.07) is 70.7. The van der Waals surface area contributed by atoms with Crippen molar-refractivity contribution >= 4 is 65.0 Å². The van der Waals surface area contributed by atoms with Gasteiger partial charge in [-0.05, 0) is 124 Å². The van der Waals surface area contributed by atoms with E-state index in [-0.39, 0.29) is 0 Å². The van der Waals surface area contributed by atoms with Gasteiger partial charge in [-0.2, -0.15) is 0 Å². The Kier molecular flexibility index (Phi) is 6.62. The lowest BCUT2D eigenvalue weighted by atomic mass is 9.84. The zero-order valence-electron chi connectivity index (χ0n) is 28.9. The summed E-state index contributed by atoms with van der Waals surface area (Å²) in [4.78, 5) is 0. The lowest BCUT2D eigenvalue weighted by Crippen LogP contribution is -1.92. The molecule has 0 aliphatic carbocycles. The first-order chi connectivity index (χ1) is 26.2. The van der Waals surface area contributed by atoms with Crippen LogP contribution < -0.4 is 0 Å². The van der Waals surface area contributed by atoms with Gasteiger partial charge in [0.15, 0.2) is 0 Å². The molecule has 0 amide bonds. The summed E-state index contributed by atoms with van der Waals surface area (Å²) in [6.07, 6.45) is 0. The number of furan rings is 1. The fourth-order valence-electron chi connectivity index (χ4n) is 8.43. The van der Waals surface area contributed by atoms with Crippen LogP contribution in [0.15, 0.2) is 199 Å². The van der Waals surface area contributed by atoms with Gasteiger partial charge in [0.05, 0.1) is 0 Å². The minimum Gasteiger partial charge on any atom is -0.456 e. The van der Waals surface area contributed by atoms with Crippen molar-refractivity contribution in [3.05, 3.63) is 194 Å². The van der Waals surface area contributed by atoms with Gasteiger partial charge >= 0.3 is 0 Å². The summed E-state index contributed by atoms with van der Waals surface area (Å²) in [5.41, 5.74) is 11.5. The first-order valence-corrected chi connectivity index (χ1v) is 18.2. The van der Waals surface area contributed by atoms with Gasteiger partial charge in [0.25, 0.3) is 0 Å². The highest BCUT2D eigenvalue weighted by molar-refractivity contribution is 6.23. The highest BCUT2D eigenvalue weighted by atomic mass is 16.3. The Bertz CT molecular complexity index is 3200. The quantitative estimate of drug-likeness (QED) is 0.170. The zero-order chi connectivity index (χ0) is 34.9. The molecule has 0 spiro atoms. The van der Waals surface area contributed by atoms with Gasteiger partial charge in [0.1, 0.15) is 11.2 Å². The Labute approximate surface area is 307 Å². The maximum absolute atomic E-state index is 6.43. The Morgan fingerprint density at radius 3 is 1.49 bits per heavy atom. The summed E-state index contributed by atoms with van der Waals surface area (Å²) in [5.74, 6) is 0. The van der Waals surface area contributed by atoms with Crippen molar-refractivity contribution < 1.29 is 4.42 Å². The van der Waals surface area contributed by atoms with E-state index in [2.05, 4.69) is 194 Å². The predicted octanol–water partition coefficient (Wildman–Crippen LogP) is 14.9. The van der Waals surface area contributed by atoms with Crippen LogP contribution in [0.3, 0.4) is 0 Å². The minimum atomic E-state index is 0.905. The Morgan fingerprint density at radius 2 is 0.717 bits per heavy atom. The average Bonchev–Trinajstić information content (AvgIpc) is 3.58. The Hall–Kier alpha value is -6.96. The maximum atomic E-state index is 6.43. The van der Waals surface area contributed by atoms with Crippen molar-refractivity contribution in [2.75, 3.05) is 0 Å². The molecule has 0 aliphatic rings. The Balaban J connectivity index is 1.15. The molecule has 0 aliphatic heterocycles. The standard InChI is InChI=1S/C52H32O/c1-2-10-33(11-3-1)41-24-26-45-48(30-41)51(36-21-18-35(19-22-36)40-23-20-34-12-4-5-13-37(34)28-40)43-16-8-9-17-44(43)52(45)42-25-27-49-46(31-42)47-29-38-14-6-7-15-39(38)32-50(47)53-49/h1-32H. The molecule has 0 unspecified atom stereocenters. The Morgan fingerprint density at radius 1 is 0.226 bits per heavy atom. The van der Waals surface area contributed by atoms with Crippen molar-refractivity contribution in [3.8, 4) is 44.5 Å². The van der Waals surface area contributed by atoms with E-state index in [1.54, 1.807) is 0 Å². The molecular formula is C52H32O. The van der Waals surface area contributed by atoms with Gasteiger partial charge in [0, 0.05) is 10.8 Å². The third-order valence-electron chi connectivity index (χ3n) is 11.0. The normalized spacial score (nSPS) is 11.8. The van der Waals surface area contributed by atoms with Crippen molar-refractivity contribution in [2.24, 2.45) is 0 Å². The van der Waals surface area contributed by atoms with E-state index in [4.69, 9.17) is 4.42 Å². The molecule has 0 radical (unpaired) electrons. The van der Waals surface area contributed by atoms with Crippen molar-refractivity contribution in [2.45, 2.75) is 0 Å². The molecule has 1 heteroatoms. The van der Waals surface area contributed by atoms with Crippen LogP contribution in [0.25, 0.3) is 110 Å². The second-order valence-corrected chi connectivity index (χ2v) is 14.1. The number of benzene rings is 10. The number of hydrogen-bond acceptors (Lipinski definition) is 1. The van der Waals surface area contributed by atoms with E-state index in [9.17, 15) is 0 Å². The minimum absolute atomic E-state index is 0.905. The van der Waals surface area contributed by atoms with Crippen molar-refractivity contribution in [1.29, 1.82) is 0 Å². The van der Waals surface area contributed by atoms with Crippen LogP contribution in [0.1, 0.15) is 0 Å². The van der Waals surface area contributed by atoms with E-state index in [0.717, 1.165) is 21.9 Å². The van der Waals surface area contributed by atoms with E-state index in [1.165, 1.54) is 87.6 Å². The second-order valence-electron chi connectivity index (χ2n) is 14.1. The smallest absolute Gasteiger partial charge is 0.136 e. The molecule has 11 rings (SSSR count). The molecule has 0 saturated carbocycles. The van der Waals surface area contributed by atoms with Gasteiger partial charge in [-0.1, -0.05) is 158 Å². The first kappa shape index (κ1) is 29.7. The van der Waals surface area contributed by atoms with Crippen LogP contribution in [0, 0.1) is 0 Å². The molecule has 0 saturated heterocycles. The molecule has 0 fully saturated rings. The SMILES string of the molecule is c1ccc(-c2ccc3c(-c4ccc5oc6cc7ccccc7cc6c5c4)c4ccccc4c(-c4ccc(-c5ccc6ccccc6c5)cc4)c3c2)cc1. The molecule has 0 atom stereocenters. The number of fused-ring (bicyclic) bond motifs is 7. The van der Waals surface area contributed by atoms with E-state index < -0.39 is 0 Å². The highest BCUT2D eigenvalue weighted by Gasteiger charge is 2.19. The molecule has 1 aromatic heterocycles. The van der Waals surface area contributed by atoms with E-state index in [0.29, 0.717) is 0 Å². The molecule has 246 valence electrons. The molecular weight excluding hydrogens is 641 g/mol. The molecule has 1 nitrogen and oxygen atoms in total. The van der Waals surface area contributed by atoms with Gasteiger partial charge < -0.3 is 4.42 Å². The number of rotatable bonds is 4. The van der Waals surface area contributed by atoms with Gasteiger partial charge in [-0.15, -0.1) is 0 Å². The zero-order valence-corrected chi connectivity index (χ0v) is 28.9. The third kappa shape index (κ3) is 4.86. The second kappa shape index (κ2) is 11.8. The summed E-state index contributed by atoms with van der Waals surface area (Å²) >= 11 is 0. The summed E-state index contributed by atoms with van der Waals surface area (Å²) in [6.45, 7) is 0. The predicted molar refractivity (Wildman–Crippen MR) is 225 cm³/mol. The first-order valence-electron chi connectivity index (χ1n) is 18.2. The molecule has 1 heterocycles. The van der Waals surface area contributed by atoms with Crippen LogP contribution in [-0.4, -0.2) is 0 Å². The lowest BCUT2D eigenvalue weighted by molar-refractivity contribution is 0.669. The fourth-order valence-corrected chi connectivity index (χ4v) is 8.43. The molecule has 53 heavy (non-hydrogen) atoms. The van der Waals surface area contributed by atoms with E-state index in [1.807, 2.05) is 0 Å². The molecule has 11 aromatic rings. The van der Waals surface area contributed by atoms with Gasteiger partial charge in [-0.25, -0.2) is 0 Å². The van der Waals surface area contributed by atoms with E-state index >= 15 is 0 Å². The summed E-state index contributed by atoms with van der Waals surface area (Å²) in [5, 5.41) is 12.1. The van der Waals surface area contributed by atoms with Crippen LogP contribution in [-0.2, 0) is 0 Å². The lowest BCUT2D eigenvalue weighted by Gasteiger charge is -2.19. The van der Waals surface area contributed by atoms with Crippen LogP contribution in [0.2, 0.25) is 0 Å². The highest BCUT2D eigenvalue weighted by Crippen LogP contribution is 2.46. The third-order valence-corrected chi connectivity index (χ3v) is 11.0. The van der Waals surface area contributed by atoms with Crippen LogP contribution in [0.5, 0.6) is 0 Å². The molecule has 0 N–H and O–H groups in total. The van der Waals surface area contributed by atoms with Crippen molar-refractivity contribution in [1.82, 2.24) is 0 Å². The fraction of sp³-hybridized carbons (Fsp3) is 0.